The van der Waals surface area contributed by atoms with Crippen molar-refractivity contribution in [2.75, 3.05) is 7.11 Å². The first-order valence-corrected chi connectivity index (χ1v) is 7.19. The van der Waals surface area contributed by atoms with Crippen LogP contribution in [0, 0.1) is 0 Å². The van der Waals surface area contributed by atoms with Crippen LogP contribution in [0.1, 0.15) is 45.1 Å². The SMILES string of the molecule is CCCCCC(C)OC(=O)/C=C/c1ccccc1OC. The number of unbranched alkanes of at least 4 members (excludes halogenated alkanes) is 2. The Morgan fingerprint density at radius 1 is 1.30 bits per heavy atom. The van der Waals surface area contributed by atoms with Crippen LogP contribution in [0.4, 0.5) is 0 Å². The minimum Gasteiger partial charge on any atom is -0.496 e. The van der Waals surface area contributed by atoms with Crippen LogP contribution in [-0.2, 0) is 9.53 Å². The summed E-state index contributed by atoms with van der Waals surface area (Å²) in [5, 5.41) is 0. The fraction of sp³-hybridized carbons (Fsp3) is 0.471. The molecular formula is C17H24O3. The van der Waals surface area contributed by atoms with Crippen LogP contribution in [0.15, 0.2) is 30.3 Å². The Morgan fingerprint density at radius 3 is 2.75 bits per heavy atom. The Kier molecular flexibility index (Phi) is 7.48. The predicted molar refractivity (Wildman–Crippen MR) is 81.7 cm³/mol. The Labute approximate surface area is 121 Å². The largest absolute Gasteiger partial charge is 0.496 e. The summed E-state index contributed by atoms with van der Waals surface area (Å²) < 4.78 is 10.5. The lowest BCUT2D eigenvalue weighted by molar-refractivity contribution is -0.142. The zero-order valence-electron chi connectivity index (χ0n) is 12.6. The number of carbonyl (C=O) groups excluding carboxylic acids is 1. The Morgan fingerprint density at radius 2 is 2.05 bits per heavy atom. The topological polar surface area (TPSA) is 35.5 Å². The van der Waals surface area contributed by atoms with Gasteiger partial charge >= 0.3 is 5.97 Å². The van der Waals surface area contributed by atoms with Crippen LogP contribution in [0.5, 0.6) is 5.75 Å². The quantitative estimate of drug-likeness (QED) is 0.405. The minimum absolute atomic E-state index is 0.0311. The van der Waals surface area contributed by atoms with Crippen LogP contribution in [0.2, 0.25) is 0 Å². The summed E-state index contributed by atoms with van der Waals surface area (Å²) in [6, 6.07) is 7.55. The van der Waals surface area contributed by atoms with Crippen molar-refractivity contribution in [2.45, 2.75) is 45.6 Å². The van der Waals surface area contributed by atoms with Gasteiger partial charge in [-0.05, 0) is 31.9 Å². The number of benzene rings is 1. The van der Waals surface area contributed by atoms with Crippen molar-refractivity contribution in [3.05, 3.63) is 35.9 Å². The van der Waals surface area contributed by atoms with Gasteiger partial charge in [0.2, 0.25) is 0 Å². The van der Waals surface area contributed by atoms with Gasteiger partial charge in [-0.15, -0.1) is 0 Å². The van der Waals surface area contributed by atoms with Crippen molar-refractivity contribution in [1.29, 1.82) is 0 Å². The van der Waals surface area contributed by atoms with Gasteiger partial charge in [0.15, 0.2) is 0 Å². The van der Waals surface area contributed by atoms with E-state index < -0.39 is 0 Å². The average Bonchev–Trinajstić information content (AvgIpc) is 2.45. The number of hydrogen-bond acceptors (Lipinski definition) is 3. The van der Waals surface area contributed by atoms with E-state index >= 15 is 0 Å². The van der Waals surface area contributed by atoms with Crippen LogP contribution in [0.3, 0.4) is 0 Å². The lowest BCUT2D eigenvalue weighted by atomic mass is 10.1. The summed E-state index contributed by atoms with van der Waals surface area (Å²) in [6.07, 6.45) is 7.52. The lowest BCUT2D eigenvalue weighted by Crippen LogP contribution is -2.12. The third-order valence-corrected chi connectivity index (χ3v) is 3.07. The van der Waals surface area contributed by atoms with E-state index in [1.165, 1.54) is 18.9 Å². The molecule has 3 heteroatoms. The van der Waals surface area contributed by atoms with Crippen molar-refractivity contribution in [1.82, 2.24) is 0 Å². The molecule has 1 aromatic rings. The molecule has 0 amide bonds. The molecule has 0 aliphatic heterocycles. The molecule has 0 aromatic heterocycles. The molecule has 0 aliphatic carbocycles. The molecule has 0 radical (unpaired) electrons. The number of ether oxygens (including phenoxy) is 2. The first-order chi connectivity index (χ1) is 9.67. The molecule has 3 nitrogen and oxygen atoms in total. The Balaban J connectivity index is 2.47. The fourth-order valence-corrected chi connectivity index (χ4v) is 1.94. The maximum Gasteiger partial charge on any atom is 0.331 e. The molecule has 1 unspecified atom stereocenters. The molecule has 0 N–H and O–H groups in total. The summed E-state index contributed by atoms with van der Waals surface area (Å²) in [5.74, 6) is 0.437. The van der Waals surface area contributed by atoms with Crippen LogP contribution >= 0.6 is 0 Å². The summed E-state index contributed by atoms with van der Waals surface area (Å²) >= 11 is 0. The van der Waals surface area contributed by atoms with Crippen LogP contribution < -0.4 is 4.74 Å². The molecule has 110 valence electrons. The second-order valence-electron chi connectivity index (χ2n) is 4.82. The highest BCUT2D eigenvalue weighted by molar-refractivity contribution is 5.87. The molecule has 0 saturated carbocycles. The standard InChI is InChI=1S/C17H24O3/c1-4-5-6-9-14(2)20-17(18)13-12-15-10-7-8-11-16(15)19-3/h7-8,10-14H,4-6,9H2,1-3H3/b13-12+. The monoisotopic (exact) mass is 276 g/mol. The van der Waals surface area contributed by atoms with E-state index in [9.17, 15) is 4.79 Å². The molecule has 20 heavy (non-hydrogen) atoms. The van der Waals surface area contributed by atoms with Crippen LogP contribution in [0.25, 0.3) is 6.08 Å². The van der Waals surface area contributed by atoms with E-state index in [1.807, 2.05) is 31.2 Å². The third-order valence-electron chi connectivity index (χ3n) is 3.07. The van der Waals surface area contributed by atoms with Gasteiger partial charge in [-0.1, -0.05) is 38.0 Å². The first kappa shape index (κ1) is 16.3. The van der Waals surface area contributed by atoms with Gasteiger partial charge in [-0.3, -0.25) is 0 Å². The molecule has 0 fully saturated rings. The van der Waals surface area contributed by atoms with Gasteiger partial charge in [0.05, 0.1) is 13.2 Å². The van der Waals surface area contributed by atoms with Gasteiger partial charge in [0.1, 0.15) is 5.75 Å². The number of esters is 1. The maximum atomic E-state index is 11.7. The van der Waals surface area contributed by atoms with Gasteiger partial charge in [-0.2, -0.15) is 0 Å². The summed E-state index contributed by atoms with van der Waals surface area (Å²) in [4.78, 5) is 11.7. The highest BCUT2D eigenvalue weighted by Gasteiger charge is 2.06. The molecule has 0 heterocycles. The normalized spacial score (nSPS) is 12.3. The molecule has 1 rings (SSSR count). The smallest absolute Gasteiger partial charge is 0.331 e. The van der Waals surface area contributed by atoms with E-state index in [1.54, 1.807) is 13.2 Å². The molecule has 0 aliphatic rings. The summed E-state index contributed by atoms with van der Waals surface area (Å²) in [6.45, 7) is 4.09. The van der Waals surface area contributed by atoms with E-state index in [0.717, 1.165) is 24.2 Å². The lowest BCUT2D eigenvalue weighted by Gasteiger charge is -2.11. The van der Waals surface area contributed by atoms with Crippen molar-refractivity contribution in [2.24, 2.45) is 0 Å². The Hall–Kier alpha value is -1.77. The van der Waals surface area contributed by atoms with E-state index in [-0.39, 0.29) is 12.1 Å². The minimum atomic E-state index is -0.306. The number of hydrogen-bond donors (Lipinski definition) is 0. The highest BCUT2D eigenvalue weighted by Crippen LogP contribution is 2.18. The number of para-hydroxylation sites is 1. The van der Waals surface area contributed by atoms with Crippen LogP contribution in [-0.4, -0.2) is 19.2 Å². The first-order valence-electron chi connectivity index (χ1n) is 7.19. The maximum absolute atomic E-state index is 11.7. The zero-order valence-corrected chi connectivity index (χ0v) is 12.6. The predicted octanol–water partition coefficient (Wildman–Crippen LogP) is 4.22. The Bertz CT molecular complexity index is 438. The van der Waals surface area contributed by atoms with Crippen molar-refractivity contribution < 1.29 is 14.3 Å². The van der Waals surface area contributed by atoms with Crippen molar-refractivity contribution >= 4 is 12.0 Å². The number of carbonyl (C=O) groups is 1. The van der Waals surface area contributed by atoms with E-state index in [0.29, 0.717) is 0 Å². The molecule has 0 bridgehead atoms. The molecular weight excluding hydrogens is 252 g/mol. The second-order valence-corrected chi connectivity index (χ2v) is 4.82. The van der Waals surface area contributed by atoms with Gasteiger partial charge in [-0.25, -0.2) is 4.79 Å². The fourth-order valence-electron chi connectivity index (χ4n) is 1.94. The van der Waals surface area contributed by atoms with E-state index in [4.69, 9.17) is 9.47 Å². The van der Waals surface area contributed by atoms with Crippen molar-refractivity contribution in [3.63, 3.8) is 0 Å². The molecule has 1 aromatic carbocycles. The van der Waals surface area contributed by atoms with E-state index in [2.05, 4.69) is 6.92 Å². The molecule has 1 atom stereocenters. The third kappa shape index (κ3) is 5.91. The van der Waals surface area contributed by atoms with Gasteiger partial charge in [0.25, 0.3) is 0 Å². The number of methoxy groups -OCH3 is 1. The van der Waals surface area contributed by atoms with Gasteiger partial charge < -0.3 is 9.47 Å². The van der Waals surface area contributed by atoms with Crippen molar-refractivity contribution in [3.8, 4) is 5.75 Å². The summed E-state index contributed by atoms with van der Waals surface area (Å²) in [7, 11) is 1.61. The number of rotatable bonds is 8. The molecule has 0 saturated heterocycles. The molecule has 0 spiro atoms. The second kappa shape index (κ2) is 9.18. The summed E-state index contributed by atoms with van der Waals surface area (Å²) in [5.41, 5.74) is 0.866. The zero-order chi connectivity index (χ0) is 14.8. The highest BCUT2D eigenvalue weighted by atomic mass is 16.5. The average molecular weight is 276 g/mol. The van der Waals surface area contributed by atoms with Gasteiger partial charge in [0, 0.05) is 11.6 Å².